The summed E-state index contributed by atoms with van der Waals surface area (Å²) in [5, 5.41) is 0. The number of hydrogen-bond acceptors (Lipinski definition) is 4. The molecule has 1 aromatic rings. The van der Waals surface area contributed by atoms with Gasteiger partial charge in [-0.25, -0.2) is 13.1 Å². The second kappa shape index (κ2) is 5.88. The van der Waals surface area contributed by atoms with Crippen molar-refractivity contribution in [2.75, 3.05) is 6.61 Å². The zero-order valence-corrected chi connectivity index (χ0v) is 12.9. The first-order valence-corrected chi connectivity index (χ1v) is 8.37. The molecule has 1 aliphatic carbocycles. The van der Waals surface area contributed by atoms with Crippen LogP contribution in [0.25, 0.3) is 0 Å². The summed E-state index contributed by atoms with van der Waals surface area (Å²) in [5.41, 5.74) is 5.85. The first kappa shape index (κ1) is 14.9. The van der Waals surface area contributed by atoms with E-state index < -0.39 is 10.0 Å². The molecule has 0 bridgehead atoms. The Morgan fingerprint density at radius 2 is 2.16 bits per heavy atom. The smallest absolute Gasteiger partial charge is 0.242 e. The van der Waals surface area contributed by atoms with Crippen molar-refractivity contribution in [3.05, 3.63) is 28.7 Å². The number of benzene rings is 1. The van der Waals surface area contributed by atoms with E-state index >= 15 is 0 Å². The third kappa shape index (κ3) is 3.17. The van der Waals surface area contributed by atoms with E-state index in [-0.39, 0.29) is 23.1 Å². The standard InChI is InChI=1S/C12H17BrN2O3S/c1-2-18-10-7-9(14)12(10)15-19(16,17)11-6-4-3-5-8(11)13/h3-6,9-10,12,15H,2,7,14H2,1H3. The Morgan fingerprint density at radius 1 is 1.47 bits per heavy atom. The van der Waals surface area contributed by atoms with Crippen LogP contribution < -0.4 is 10.5 Å². The van der Waals surface area contributed by atoms with E-state index in [0.717, 1.165) is 0 Å². The number of halogens is 1. The normalized spacial score (nSPS) is 27.0. The van der Waals surface area contributed by atoms with Gasteiger partial charge in [-0.2, -0.15) is 0 Å². The molecule has 2 rings (SSSR count). The van der Waals surface area contributed by atoms with E-state index in [2.05, 4.69) is 20.7 Å². The number of ether oxygens (including phenoxy) is 1. The minimum absolute atomic E-state index is 0.141. The van der Waals surface area contributed by atoms with E-state index in [1.807, 2.05) is 6.92 Å². The molecule has 0 saturated heterocycles. The monoisotopic (exact) mass is 348 g/mol. The average molecular weight is 349 g/mol. The molecule has 0 amide bonds. The van der Waals surface area contributed by atoms with Crippen LogP contribution in [0.5, 0.6) is 0 Å². The van der Waals surface area contributed by atoms with Crippen molar-refractivity contribution in [2.45, 2.75) is 36.4 Å². The average Bonchev–Trinajstić information content (AvgIpc) is 2.36. The van der Waals surface area contributed by atoms with E-state index in [0.29, 0.717) is 17.5 Å². The molecule has 3 N–H and O–H groups in total. The first-order chi connectivity index (χ1) is 8.95. The highest BCUT2D eigenvalue weighted by Gasteiger charge is 2.42. The minimum atomic E-state index is -3.59. The minimum Gasteiger partial charge on any atom is -0.377 e. The Bertz CT molecular complexity index is 548. The van der Waals surface area contributed by atoms with Gasteiger partial charge in [0, 0.05) is 17.1 Å². The highest BCUT2D eigenvalue weighted by Crippen LogP contribution is 2.26. The number of nitrogens with one attached hydrogen (secondary N) is 1. The second-order valence-corrected chi connectivity index (χ2v) is 7.01. The molecule has 0 heterocycles. The lowest BCUT2D eigenvalue weighted by Gasteiger charge is -2.42. The van der Waals surface area contributed by atoms with Gasteiger partial charge >= 0.3 is 0 Å². The Labute approximate surface area is 121 Å². The number of rotatable bonds is 5. The molecule has 5 nitrogen and oxygen atoms in total. The number of nitrogens with two attached hydrogens (primary N) is 1. The Hall–Kier alpha value is -0.470. The third-order valence-corrected chi connectivity index (χ3v) is 5.64. The van der Waals surface area contributed by atoms with Gasteiger partial charge in [-0.15, -0.1) is 0 Å². The molecule has 1 aromatic carbocycles. The maximum atomic E-state index is 12.3. The molecule has 106 valence electrons. The van der Waals surface area contributed by atoms with Gasteiger partial charge in [0.25, 0.3) is 0 Å². The zero-order valence-electron chi connectivity index (χ0n) is 10.5. The molecule has 0 aliphatic heterocycles. The van der Waals surface area contributed by atoms with Crippen LogP contribution >= 0.6 is 15.9 Å². The number of hydrogen-bond donors (Lipinski definition) is 2. The lowest BCUT2D eigenvalue weighted by Crippen LogP contribution is -2.64. The summed E-state index contributed by atoms with van der Waals surface area (Å²) in [7, 11) is -3.59. The van der Waals surface area contributed by atoms with Crippen molar-refractivity contribution in [3.8, 4) is 0 Å². The van der Waals surface area contributed by atoms with Gasteiger partial charge in [0.2, 0.25) is 10.0 Å². The molecule has 3 atom stereocenters. The quantitative estimate of drug-likeness (QED) is 0.838. The Morgan fingerprint density at radius 3 is 2.74 bits per heavy atom. The van der Waals surface area contributed by atoms with Crippen molar-refractivity contribution >= 4 is 26.0 Å². The summed E-state index contributed by atoms with van der Waals surface area (Å²) in [6, 6.07) is 6.12. The van der Waals surface area contributed by atoms with E-state index in [4.69, 9.17) is 10.5 Å². The summed E-state index contributed by atoms with van der Waals surface area (Å²) in [4.78, 5) is 0.212. The largest absolute Gasteiger partial charge is 0.377 e. The molecular formula is C12H17BrN2O3S. The van der Waals surface area contributed by atoms with E-state index in [1.165, 1.54) is 0 Å². The lowest BCUT2D eigenvalue weighted by atomic mass is 9.84. The van der Waals surface area contributed by atoms with Gasteiger partial charge in [0.15, 0.2) is 0 Å². The van der Waals surface area contributed by atoms with Crippen molar-refractivity contribution in [1.82, 2.24) is 4.72 Å². The van der Waals surface area contributed by atoms with Crippen molar-refractivity contribution < 1.29 is 13.2 Å². The van der Waals surface area contributed by atoms with Crippen LogP contribution in [0, 0.1) is 0 Å². The summed E-state index contributed by atoms with van der Waals surface area (Å²) in [6.45, 7) is 2.42. The summed E-state index contributed by atoms with van der Waals surface area (Å²) < 4.78 is 33.2. The molecule has 1 aliphatic rings. The second-order valence-electron chi connectivity index (χ2n) is 4.47. The fourth-order valence-electron chi connectivity index (χ4n) is 2.10. The molecule has 0 spiro atoms. The van der Waals surface area contributed by atoms with Crippen molar-refractivity contribution in [3.63, 3.8) is 0 Å². The molecule has 0 radical (unpaired) electrons. The molecule has 1 fully saturated rings. The lowest BCUT2D eigenvalue weighted by molar-refractivity contribution is -0.0248. The van der Waals surface area contributed by atoms with Crippen LogP contribution in [0.2, 0.25) is 0 Å². The van der Waals surface area contributed by atoms with Crippen LogP contribution in [0.15, 0.2) is 33.6 Å². The predicted molar refractivity (Wildman–Crippen MR) is 76.3 cm³/mol. The third-order valence-electron chi connectivity index (χ3n) is 3.16. The SMILES string of the molecule is CCOC1CC(N)C1NS(=O)(=O)c1ccccc1Br. The predicted octanol–water partition coefficient (Wildman–Crippen LogP) is 1.23. The van der Waals surface area contributed by atoms with Gasteiger partial charge in [-0.1, -0.05) is 12.1 Å². The molecular weight excluding hydrogens is 332 g/mol. The van der Waals surface area contributed by atoms with Crippen LogP contribution in [0.3, 0.4) is 0 Å². The highest BCUT2D eigenvalue weighted by atomic mass is 79.9. The maximum Gasteiger partial charge on any atom is 0.242 e. The zero-order chi connectivity index (χ0) is 14.0. The summed E-state index contributed by atoms with van der Waals surface area (Å²) >= 11 is 3.24. The Kier molecular flexibility index (Phi) is 4.62. The highest BCUT2D eigenvalue weighted by molar-refractivity contribution is 9.10. The summed E-state index contributed by atoms with van der Waals surface area (Å²) in [6.07, 6.45) is 0.536. The van der Waals surface area contributed by atoms with Gasteiger partial charge < -0.3 is 10.5 Å². The van der Waals surface area contributed by atoms with E-state index in [1.54, 1.807) is 24.3 Å². The van der Waals surface area contributed by atoms with Crippen LogP contribution in [0.4, 0.5) is 0 Å². The van der Waals surface area contributed by atoms with Gasteiger partial charge in [-0.3, -0.25) is 0 Å². The molecule has 1 saturated carbocycles. The molecule has 3 unspecified atom stereocenters. The Balaban J connectivity index is 2.16. The van der Waals surface area contributed by atoms with Gasteiger partial charge in [-0.05, 0) is 41.4 Å². The van der Waals surface area contributed by atoms with Crippen LogP contribution in [0.1, 0.15) is 13.3 Å². The first-order valence-electron chi connectivity index (χ1n) is 6.09. The van der Waals surface area contributed by atoms with Crippen molar-refractivity contribution in [1.29, 1.82) is 0 Å². The van der Waals surface area contributed by atoms with Gasteiger partial charge in [0.1, 0.15) is 0 Å². The van der Waals surface area contributed by atoms with Crippen molar-refractivity contribution in [2.24, 2.45) is 5.73 Å². The fourth-order valence-corrected chi connectivity index (χ4v) is 4.41. The molecule has 7 heteroatoms. The summed E-state index contributed by atoms with van der Waals surface area (Å²) in [5.74, 6) is 0. The van der Waals surface area contributed by atoms with Crippen LogP contribution in [-0.2, 0) is 14.8 Å². The molecule has 19 heavy (non-hydrogen) atoms. The molecule has 0 aromatic heterocycles. The fraction of sp³-hybridized carbons (Fsp3) is 0.500. The number of sulfonamides is 1. The van der Waals surface area contributed by atoms with Gasteiger partial charge in [0.05, 0.1) is 17.0 Å². The van der Waals surface area contributed by atoms with E-state index in [9.17, 15) is 8.42 Å². The maximum absolute atomic E-state index is 12.3. The van der Waals surface area contributed by atoms with Crippen LogP contribution in [-0.4, -0.2) is 33.2 Å². The topological polar surface area (TPSA) is 81.4 Å².